The molecule has 2 atom stereocenters. The number of anilines is 1. The van der Waals surface area contributed by atoms with E-state index in [4.69, 9.17) is 0 Å². The van der Waals surface area contributed by atoms with Crippen LogP contribution in [0.5, 0.6) is 0 Å². The highest BCUT2D eigenvalue weighted by Gasteiger charge is 2.35. The minimum absolute atomic E-state index is 0.0819. The number of aliphatic hydroxyl groups excluding tert-OH is 1. The summed E-state index contributed by atoms with van der Waals surface area (Å²) in [6, 6.07) is 19.1. The molecule has 0 fully saturated rings. The molecule has 38 heavy (non-hydrogen) atoms. The lowest BCUT2D eigenvalue weighted by molar-refractivity contribution is -0.123. The van der Waals surface area contributed by atoms with Gasteiger partial charge in [-0.3, -0.25) is 19.5 Å². The first-order chi connectivity index (χ1) is 18.3. The molecule has 0 radical (unpaired) electrons. The zero-order valence-corrected chi connectivity index (χ0v) is 21.8. The van der Waals surface area contributed by atoms with Gasteiger partial charge in [0.1, 0.15) is 11.7 Å². The van der Waals surface area contributed by atoms with Gasteiger partial charge in [-0.25, -0.2) is 4.98 Å². The van der Waals surface area contributed by atoms with Crippen molar-refractivity contribution in [2.45, 2.75) is 44.7 Å². The second kappa shape index (κ2) is 11.8. The van der Waals surface area contributed by atoms with Crippen LogP contribution in [-0.4, -0.2) is 44.5 Å². The first kappa shape index (κ1) is 26.8. The summed E-state index contributed by atoms with van der Waals surface area (Å²) in [6.45, 7) is 6.08. The second-order valence-electron chi connectivity index (χ2n) is 10.2. The minimum Gasteiger partial charge on any atom is -0.394 e. The molecule has 2 amide bonds. The fourth-order valence-corrected chi connectivity index (χ4v) is 4.30. The zero-order valence-electron chi connectivity index (χ0n) is 21.8. The molecule has 0 spiro atoms. The summed E-state index contributed by atoms with van der Waals surface area (Å²) in [4.78, 5) is 40.4. The Labute approximate surface area is 222 Å². The van der Waals surface area contributed by atoms with Crippen molar-refractivity contribution >= 4 is 17.5 Å². The van der Waals surface area contributed by atoms with Crippen LogP contribution < -0.4 is 10.2 Å². The lowest BCUT2D eigenvalue weighted by atomic mass is 9.87. The van der Waals surface area contributed by atoms with Gasteiger partial charge in [0.15, 0.2) is 0 Å². The van der Waals surface area contributed by atoms with Crippen molar-refractivity contribution in [2.24, 2.45) is 0 Å². The van der Waals surface area contributed by atoms with E-state index >= 15 is 0 Å². The number of pyridine rings is 1. The van der Waals surface area contributed by atoms with Gasteiger partial charge in [0.25, 0.3) is 5.91 Å². The fraction of sp³-hybridized carbons (Fsp3) is 0.267. The molecule has 4 rings (SSSR count). The summed E-state index contributed by atoms with van der Waals surface area (Å²) in [5, 5.41) is 13.0. The number of amides is 2. The van der Waals surface area contributed by atoms with Crippen LogP contribution in [0.4, 0.5) is 5.69 Å². The van der Waals surface area contributed by atoms with E-state index in [0.717, 1.165) is 11.1 Å². The van der Waals surface area contributed by atoms with Gasteiger partial charge in [0.2, 0.25) is 5.91 Å². The Hall–Kier alpha value is -4.30. The lowest BCUT2D eigenvalue weighted by Gasteiger charge is -2.32. The number of aromatic nitrogens is 3. The fourth-order valence-electron chi connectivity index (χ4n) is 4.30. The standard InChI is InChI=1S/C30H33N5O3/c1-30(2,3)23-11-13-25(14-12-23)35(29(38)26-18-32-20-33-26)27(22-10-7-15-31-17-22)28(37)34-24(19-36)16-21-8-5-4-6-9-21/h4-15,17-18,20,24,27,36H,16,19H2,1-3H3,(H,32,33)(H,34,37)/t24-,27?/m0/s1. The van der Waals surface area contributed by atoms with Crippen molar-refractivity contribution in [3.63, 3.8) is 0 Å². The Balaban J connectivity index is 1.75. The Kier molecular flexibility index (Phi) is 8.33. The van der Waals surface area contributed by atoms with E-state index in [1.807, 2.05) is 54.6 Å². The largest absolute Gasteiger partial charge is 0.394 e. The highest BCUT2D eigenvalue weighted by Crippen LogP contribution is 2.31. The van der Waals surface area contributed by atoms with Crippen LogP contribution in [0.1, 0.15) is 54.0 Å². The van der Waals surface area contributed by atoms with Gasteiger partial charge < -0.3 is 15.4 Å². The number of imidazole rings is 1. The van der Waals surface area contributed by atoms with E-state index in [9.17, 15) is 14.7 Å². The summed E-state index contributed by atoms with van der Waals surface area (Å²) < 4.78 is 0. The average molecular weight is 512 g/mol. The quantitative estimate of drug-likeness (QED) is 0.312. The third kappa shape index (κ3) is 6.33. The molecule has 2 aromatic heterocycles. The highest BCUT2D eigenvalue weighted by atomic mass is 16.3. The zero-order chi connectivity index (χ0) is 27.1. The van der Waals surface area contributed by atoms with Crippen LogP contribution in [0.15, 0.2) is 91.6 Å². The summed E-state index contributed by atoms with van der Waals surface area (Å²) >= 11 is 0. The lowest BCUT2D eigenvalue weighted by Crippen LogP contribution is -2.48. The van der Waals surface area contributed by atoms with Crippen LogP contribution >= 0.6 is 0 Å². The Bertz CT molecular complexity index is 1320. The molecule has 0 saturated heterocycles. The van der Waals surface area contributed by atoms with Gasteiger partial charge in [-0.15, -0.1) is 0 Å². The number of H-pyrrole nitrogens is 1. The van der Waals surface area contributed by atoms with Gasteiger partial charge in [-0.05, 0) is 41.2 Å². The van der Waals surface area contributed by atoms with Crippen LogP contribution in [-0.2, 0) is 16.6 Å². The molecule has 0 aliphatic carbocycles. The molecule has 4 aromatic rings. The number of carbonyl (C=O) groups excluding carboxylic acids is 2. The predicted molar refractivity (Wildman–Crippen MR) is 147 cm³/mol. The van der Waals surface area contributed by atoms with E-state index in [0.29, 0.717) is 17.7 Å². The van der Waals surface area contributed by atoms with Crippen LogP contribution in [0.3, 0.4) is 0 Å². The summed E-state index contributed by atoms with van der Waals surface area (Å²) in [5.74, 6) is -0.876. The Morgan fingerprint density at radius 1 is 1.03 bits per heavy atom. The molecule has 0 aliphatic rings. The molecule has 3 N–H and O–H groups in total. The van der Waals surface area contributed by atoms with E-state index < -0.39 is 23.9 Å². The SMILES string of the molecule is CC(C)(C)c1ccc(N(C(=O)c2c[nH]cn2)C(C(=O)N[C@H](CO)Cc2ccccc2)c2cccnc2)cc1. The van der Waals surface area contributed by atoms with Gasteiger partial charge in [0, 0.05) is 29.8 Å². The number of benzene rings is 2. The number of rotatable bonds is 9. The first-order valence-electron chi connectivity index (χ1n) is 12.6. The highest BCUT2D eigenvalue weighted by molar-refractivity contribution is 6.09. The van der Waals surface area contributed by atoms with E-state index in [2.05, 4.69) is 41.0 Å². The molecular weight excluding hydrogens is 478 g/mol. The summed E-state index contributed by atoms with van der Waals surface area (Å²) in [5.41, 5.74) is 3.24. The van der Waals surface area contributed by atoms with Crippen molar-refractivity contribution in [3.8, 4) is 0 Å². The van der Waals surface area contributed by atoms with Gasteiger partial charge >= 0.3 is 0 Å². The van der Waals surface area contributed by atoms with E-state index in [-0.39, 0.29) is 17.7 Å². The maximum Gasteiger partial charge on any atom is 0.279 e. The maximum absolute atomic E-state index is 13.9. The minimum atomic E-state index is -1.06. The molecule has 0 bridgehead atoms. The molecule has 0 aliphatic heterocycles. The predicted octanol–water partition coefficient (Wildman–Crippen LogP) is 4.21. The van der Waals surface area contributed by atoms with E-state index in [1.54, 1.807) is 24.5 Å². The maximum atomic E-state index is 13.9. The summed E-state index contributed by atoms with van der Waals surface area (Å²) in [6.07, 6.45) is 6.56. The van der Waals surface area contributed by atoms with Crippen molar-refractivity contribution in [1.82, 2.24) is 20.3 Å². The third-order valence-electron chi connectivity index (χ3n) is 6.35. The van der Waals surface area contributed by atoms with Crippen LogP contribution in [0, 0.1) is 0 Å². The topological polar surface area (TPSA) is 111 Å². The molecule has 2 aromatic carbocycles. The average Bonchev–Trinajstić information content (AvgIpc) is 3.47. The number of nitrogens with one attached hydrogen (secondary N) is 2. The number of nitrogens with zero attached hydrogens (tertiary/aromatic N) is 3. The van der Waals surface area contributed by atoms with Gasteiger partial charge in [0.05, 0.1) is 19.0 Å². The van der Waals surface area contributed by atoms with Crippen LogP contribution in [0.25, 0.3) is 0 Å². The monoisotopic (exact) mass is 511 g/mol. The number of aromatic amines is 1. The molecular formula is C30H33N5O3. The van der Waals surface area contributed by atoms with Crippen molar-refractivity contribution < 1.29 is 14.7 Å². The molecule has 196 valence electrons. The second-order valence-corrected chi connectivity index (χ2v) is 10.2. The third-order valence-corrected chi connectivity index (χ3v) is 6.35. The normalized spacial score (nSPS) is 12.9. The number of aliphatic hydroxyl groups is 1. The Morgan fingerprint density at radius 3 is 2.34 bits per heavy atom. The number of carbonyl (C=O) groups is 2. The number of hydrogen-bond acceptors (Lipinski definition) is 5. The number of hydrogen-bond donors (Lipinski definition) is 3. The van der Waals surface area contributed by atoms with Crippen LogP contribution in [0.2, 0.25) is 0 Å². The molecule has 0 saturated carbocycles. The first-order valence-corrected chi connectivity index (χ1v) is 12.6. The van der Waals surface area contributed by atoms with Gasteiger partial charge in [-0.2, -0.15) is 0 Å². The molecule has 8 nitrogen and oxygen atoms in total. The van der Waals surface area contributed by atoms with Crippen molar-refractivity contribution in [1.29, 1.82) is 0 Å². The molecule has 8 heteroatoms. The van der Waals surface area contributed by atoms with Gasteiger partial charge in [-0.1, -0.05) is 69.3 Å². The smallest absolute Gasteiger partial charge is 0.279 e. The van der Waals surface area contributed by atoms with Crippen molar-refractivity contribution in [2.75, 3.05) is 11.5 Å². The van der Waals surface area contributed by atoms with E-state index in [1.165, 1.54) is 17.4 Å². The van der Waals surface area contributed by atoms with Crippen molar-refractivity contribution in [3.05, 3.63) is 114 Å². The molecule has 2 heterocycles. The molecule has 1 unspecified atom stereocenters. The Morgan fingerprint density at radius 2 is 1.76 bits per heavy atom. The summed E-state index contributed by atoms with van der Waals surface area (Å²) in [7, 11) is 0.